The van der Waals surface area contributed by atoms with Crippen molar-refractivity contribution in [3.8, 4) is 0 Å². The third-order valence-electron chi connectivity index (χ3n) is 2.49. The average Bonchev–Trinajstić information content (AvgIpc) is 2.05. The summed E-state index contributed by atoms with van der Waals surface area (Å²) < 4.78 is 5.30. The summed E-state index contributed by atoms with van der Waals surface area (Å²) >= 11 is 0. The molecule has 2 unspecified atom stereocenters. The van der Waals surface area contributed by atoms with Crippen molar-refractivity contribution in [1.82, 2.24) is 5.32 Å². The van der Waals surface area contributed by atoms with Crippen LogP contribution in [-0.4, -0.2) is 23.8 Å². The van der Waals surface area contributed by atoms with Gasteiger partial charge in [0.2, 0.25) is 0 Å². The molecule has 0 saturated heterocycles. The van der Waals surface area contributed by atoms with E-state index in [1.807, 2.05) is 20.8 Å². The van der Waals surface area contributed by atoms with Crippen molar-refractivity contribution in [3.63, 3.8) is 0 Å². The van der Waals surface area contributed by atoms with Crippen molar-refractivity contribution < 1.29 is 9.53 Å². The van der Waals surface area contributed by atoms with E-state index in [0.717, 1.165) is 25.7 Å². The molecule has 15 heavy (non-hydrogen) atoms. The molecular formula is C11H22N2O2. The van der Waals surface area contributed by atoms with Gasteiger partial charge in [-0.3, -0.25) is 0 Å². The zero-order valence-electron chi connectivity index (χ0n) is 9.88. The van der Waals surface area contributed by atoms with Crippen LogP contribution in [0.1, 0.15) is 46.5 Å². The lowest BCUT2D eigenvalue weighted by molar-refractivity contribution is 0.0581. The molecule has 0 radical (unpaired) electrons. The predicted molar refractivity (Wildman–Crippen MR) is 59.6 cm³/mol. The van der Waals surface area contributed by atoms with Gasteiger partial charge in [-0.05, 0) is 40.0 Å². The molecule has 2 atom stereocenters. The zero-order valence-corrected chi connectivity index (χ0v) is 9.88. The van der Waals surface area contributed by atoms with E-state index in [4.69, 9.17) is 10.5 Å². The van der Waals surface area contributed by atoms with Crippen LogP contribution < -0.4 is 11.1 Å². The molecule has 0 spiro atoms. The smallest absolute Gasteiger partial charge is 0.407 e. The number of hydrogen-bond donors (Lipinski definition) is 2. The molecule has 3 N–H and O–H groups in total. The highest BCUT2D eigenvalue weighted by molar-refractivity contribution is 5.68. The molecule has 4 nitrogen and oxygen atoms in total. The Kier molecular flexibility index (Phi) is 3.97. The van der Waals surface area contributed by atoms with Crippen LogP contribution in [0.25, 0.3) is 0 Å². The van der Waals surface area contributed by atoms with Gasteiger partial charge in [-0.1, -0.05) is 6.42 Å². The second-order valence-electron chi connectivity index (χ2n) is 5.27. The minimum atomic E-state index is -0.357. The standard InChI is InChI=1S/C11H22N2O2/c1-11(2,3)13-10(14)15-9-7-5-4-6-8(9)12/h8-9H,4-7,12H2,1-3H3,(H,13,14). The molecule has 4 heteroatoms. The fraction of sp³-hybridized carbons (Fsp3) is 0.909. The third kappa shape index (κ3) is 4.51. The summed E-state index contributed by atoms with van der Waals surface area (Å²) in [6.45, 7) is 5.78. The van der Waals surface area contributed by atoms with Gasteiger partial charge in [0.15, 0.2) is 0 Å². The van der Waals surface area contributed by atoms with Crippen LogP contribution in [0.5, 0.6) is 0 Å². The van der Waals surface area contributed by atoms with Crippen LogP contribution in [0.15, 0.2) is 0 Å². The van der Waals surface area contributed by atoms with Gasteiger partial charge in [-0.25, -0.2) is 4.79 Å². The lowest BCUT2D eigenvalue weighted by atomic mass is 9.93. The highest BCUT2D eigenvalue weighted by Gasteiger charge is 2.26. The predicted octanol–water partition coefficient (Wildman–Crippen LogP) is 1.78. The van der Waals surface area contributed by atoms with Crippen LogP contribution >= 0.6 is 0 Å². The van der Waals surface area contributed by atoms with Gasteiger partial charge < -0.3 is 15.8 Å². The molecule has 0 bridgehead atoms. The Bertz CT molecular complexity index is 223. The number of hydrogen-bond acceptors (Lipinski definition) is 3. The van der Waals surface area contributed by atoms with E-state index in [1.165, 1.54) is 0 Å². The quantitative estimate of drug-likeness (QED) is 0.699. The van der Waals surface area contributed by atoms with Crippen LogP contribution in [0.3, 0.4) is 0 Å². The minimum Gasteiger partial charge on any atom is -0.445 e. The summed E-state index contributed by atoms with van der Waals surface area (Å²) in [5.74, 6) is 0. The summed E-state index contributed by atoms with van der Waals surface area (Å²) in [6.07, 6.45) is 3.61. The molecule has 1 saturated carbocycles. The normalized spacial score (nSPS) is 27.2. The Balaban J connectivity index is 2.36. The molecule has 0 aliphatic heterocycles. The Morgan fingerprint density at radius 1 is 1.33 bits per heavy atom. The van der Waals surface area contributed by atoms with Gasteiger partial charge in [0, 0.05) is 11.6 Å². The highest BCUT2D eigenvalue weighted by Crippen LogP contribution is 2.19. The van der Waals surface area contributed by atoms with Crippen LogP contribution in [0.4, 0.5) is 4.79 Å². The molecule has 0 heterocycles. The number of nitrogens with two attached hydrogens (primary N) is 1. The summed E-state index contributed by atoms with van der Waals surface area (Å²) in [5, 5.41) is 2.77. The van der Waals surface area contributed by atoms with Gasteiger partial charge in [0.25, 0.3) is 0 Å². The van der Waals surface area contributed by atoms with E-state index in [-0.39, 0.29) is 23.8 Å². The molecule has 0 aromatic heterocycles. The topological polar surface area (TPSA) is 64.3 Å². The Morgan fingerprint density at radius 2 is 1.93 bits per heavy atom. The van der Waals surface area contributed by atoms with Gasteiger partial charge in [-0.2, -0.15) is 0 Å². The number of ether oxygens (including phenoxy) is 1. The lowest BCUT2D eigenvalue weighted by Crippen LogP contribution is -2.46. The Morgan fingerprint density at radius 3 is 2.47 bits per heavy atom. The van der Waals surface area contributed by atoms with Gasteiger partial charge >= 0.3 is 6.09 Å². The van der Waals surface area contributed by atoms with Crippen molar-refractivity contribution in [2.75, 3.05) is 0 Å². The van der Waals surface area contributed by atoms with E-state index in [2.05, 4.69) is 5.32 Å². The second kappa shape index (κ2) is 4.84. The molecule has 1 aliphatic carbocycles. The minimum absolute atomic E-state index is 0.00414. The molecule has 0 aromatic rings. The Hall–Kier alpha value is -0.770. The van der Waals surface area contributed by atoms with E-state index < -0.39 is 0 Å². The number of amides is 1. The first-order valence-electron chi connectivity index (χ1n) is 5.63. The number of alkyl carbamates (subject to hydrolysis) is 1. The summed E-state index contributed by atoms with van der Waals surface area (Å²) in [7, 11) is 0. The molecule has 88 valence electrons. The molecule has 0 aromatic carbocycles. The number of carbonyl (C=O) groups excluding carboxylic acids is 1. The van der Waals surface area contributed by atoms with Gasteiger partial charge in [-0.15, -0.1) is 0 Å². The van der Waals surface area contributed by atoms with Crippen LogP contribution in [-0.2, 0) is 4.74 Å². The number of rotatable bonds is 1. The van der Waals surface area contributed by atoms with E-state index in [1.54, 1.807) is 0 Å². The summed E-state index contributed by atoms with van der Waals surface area (Å²) in [6, 6.07) is 0.00414. The SMILES string of the molecule is CC(C)(C)NC(=O)OC1CCCCC1N. The molecule has 1 fully saturated rings. The molecule has 1 aliphatic rings. The summed E-state index contributed by atoms with van der Waals surface area (Å²) in [4.78, 5) is 11.5. The number of carbonyl (C=O) groups is 1. The average molecular weight is 214 g/mol. The maximum Gasteiger partial charge on any atom is 0.407 e. The highest BCUT2D eigenvalue weighted by atomic mass is 16.6. The Labute approximate surface area is 91.5 Å². The van der Waals surface area contributed by atoms with Crippen molar-refractivity contribution in [1.29, 1.82) is 0 Å². The first-order chi connectivity index (χ1) is 6.88. The zero-order chi connectivity index (χ0) is 11.5. The summed E-state index contributed by atoms with van der Waals surface area (Å²) in [5.41, 5.74) is 5.63. The maximum absolute atomic E-state index is 11.5. The van der Waals surface area contributed by atoms with Gasteiger partial charge in [0.05, 0.1) is 0 Å². The van der Waals surface area contributed by atoms with Gasteiger partial charge in [0.1, 0.15) is 6.10 Å². The molecule has 1 amide bonds. The van der Waals surface area contributed by atoms with Crippen molar-refractivity contribution in [2.24, 2.45) is 5.73 Å². The van der Waals surface area contributed by atoms with E-state index in [9.17, 15) is 4.79 Å². The van der Waals surface area contributed by atoms with Crippen LogP contribution in [0, 0.1) is 0 Å². The monoisotopic (exact) mass is 214 g/mol. The van der Waals surface area contributed by atoms with Crippen molar-refractivity contribution in [3.05, 3.63) is 0 Å². The van der Waals surface area contributed by atoms with E-state index >= 15 is 0 Å². The molecular weight excluding hydrogens is 192 g/mol. The third-order valence-corrected chi connectivity index (χ3v) is 2.49. The largest absolute Gasteiger partial charge is 0.445 e. The fourth-order valence-electron chi connectivity index (χ4n) is 1.74. The first-order valence-corrected chi connectivity index (χ1v) is 5.63. The fourth-order valence-corrected chi connectivity index (χ4v) is 1.74. The lowest BCUT2D eigenvalue weighted by Gasteiger charge is -2.29. The van der Waals surface area contributed by atoms with Crippen molar-refractivity contribution in [2.45, 2.75) is 64.1 Å². The van der Waals surface area contributed by atoms with Crippen molar-refractivity contribution >= 4 is 6.09 Å². The molecule has 1 rings (SSSR count). The number of nitrogens with one attached hydrogen (secondary N) is 1. The first kappa shape index (κ1) is 12.3. The second-order valence-corrected chi connectivity index (χ2v) is 5.27. The maximum atomic E-state index is 11.5. The van der Waals surface area contributed by atoms with Crippen LogP contribution in [0.2, 0.25) is 0 Å². The van der Waals surface area contributed by atoms with E-state index in [0.29, 0.717) is 0 Å².